The van der Waals surface area contributed by atoms with Crippen LogP contribution in [0.3, 0.4) is 0 Å². The summed E-state index contributed by atoms with van der Waals surface area (Å²) in [4.78, 5) is 18.8. The predicted octanol–water partition coefficient (Wildman–Crippen LogP) is 5.10. The third-order valence-electron chi connectivity index (χ3n) is 6.92. The molecule has 0 unspecified atom stereocenters. The molecule has 4 rings (SSSR count). The van der Waals surface area contributed by atoms with Gasteiger partial charge in [0.05, 0.1) is 18.5 Å². The summed E-state index contributed by atoms with van der Waals surface area (Å²) in [5.74, 6) is 2.04. The molecule has 0 radical (unpaired) electrons. The molecular weight excluding hydrogens is 488 g/mol. The molecule has 8 nitrogen and oxygen atoms in total. The molecule has 1 saturated heterocycles. The second kappa shape index (κ2) is 13.2. The number of nitrogens with zero attached hydrogens (tertiary/aromatic N) is 2. The molecule has 0 spiro atoms. The van der Waals surface area contributed by atoms with E-state index in [1.807, 2.05) is 43.3 Å². The number of rotatable bonds is 8. The first kappa shape index (κ1) is 28.0. The Morgan fingerprint density at radius 3 is 2.56 bits per heavy atom. The summed E-state index contributed by atoms with van der Waals surface area (Å²) in [5.41, 5.74) is 18.0. The van der Waals surface area contributed by atoms with E-state index in [9.17, 15) is 4.79 Å². The van der Waals surface area contributed by atoms with E-state index in [0.717, 1.165) is 72.7 Å². The van der Waals surface area contributed by atoms with Gasteiger partial charge in [0, 0.05) is 36.6 Å². The van der Waals surface area contributed by atoms with Crippen LogP contribution in [0.25, 0.3) is 0 Å². The molecule has 0 aromatic heterocycles. The van der Waals surface area contributed by atoms with Crippen LogP contribution in [0.5, 0.6) is 5.75 Å². The molecule has 2 aromatic rings. The van der Waals surface area contributed by atoms with Crippen LogP contribution in [0.15, 0.2) is 82.8 Å². The van der Waals surface area contributed by atoms with Crippen molar-refractivity contribution >= 4 is 28.7 Å². The van der Waals surface area contributed by atoms with Gasteiger partial charge >= 0.3 is 0 Å². The molecule has 39 heavy (non-hydrogen) atoms. The minimum absolute atomic E-state index is 0.0407. The lowest BCUT2D eigenvalue weighted by atomic mass is 10.0. The van der Waals surface area contributed by atoms with Gasteiger partial charge in [-0.1, -0.05) is 29.8 Å². The fourth-order valence-electron chi connectivity index (χ4n) is 4.86. The largest absolute Gasteiger partial charge is 0.494 e. The maximum atomic E-state index is 11.5. The van der Waals surface area contributed by atoms with Crippen LogP contribution in [0.4, 0.5) is 17.1 Å². The zero-order valence-electron chi connectivity index (χ0n) is 23.2. The minimum atomic E-state index is 0.0407. The zero-order valence-corrected chi connectivity index (χ0v) is 23.2. The molecule has 206 valence electrons. The van der Waals surface area contributed by atoms with Gasteiger partial charge in [-0.25, -0.2) is 4.99 Å². The number of hydrogen-bond donors (Lipinski definition) is 4. The average molecular weight is 529 g/mol. The highest BCUT2D eigenvalue weighted by Crippen LogP contribution is 2.32. The standard InChI is InChI=1S/C31H40N6O2/c1-21(18-22(2)38)19-23-8-4-6-10-27(23)35-31-26(33)9-5-7-11-30(36-31)34-28-13-12-25(20-29(28)39-3)37-16-14-24(32)15-17-37/h4,6,8-13,18,20,24,34H,5,7,14-17,19,32-33H2,1-3H3,(H,35,36)/b21-18-,26-9-,30-11-. The molecule has 0 aliphatic carbocycles. The molecule has 2 aliphatic heterocycles. The number of para-hydroxylation sites is 1. The number of carbonyl (C=O) groups excluding carboxylic acids is 1. The first-order valence-corrected chi connectivity index (χ1v) is 13.6. The Balaban J connectivity index is 1.57. The lowest BCUT2D eigenvalue weighted by Gasteiger charge is -2.32. The molecule has 8 heteroatoms. The van der Waals surface area contributed by atoms with E-state index < -0.39 is 0 Å². The SMILES string of the molecule is COc1cc(N2CCC(N)CC2)ccc1NC1=C/CC/C=C(N)/C(Nc2ccccc2C/C(C)=C\C(C)=O)=N\1. The van der Waals surface area contributed by atoms with Crippen molar-refractivity contribution < 1.29 is 9.53 Å². The number of carbonyl (C=O) groups is 1. The summed E-state index contributed by atoms with van der Waals surface area (Å²) in [5, 5.41) is 6.89. The van der Waals surface area contributed by atoms with Crippen molar-refractivity contribution in [3.8, 4) is 5.75 Å². The van der Waals surface area contributed by atoms with Crippen LogP contribution in [-0.4, -0.2) is 37.9 Å². The van der Waals surface area contributed by atoms with Gasteiger partial charge in [-0.3, -0.25) is 4.79 Å². The first-order valence-electron chi connectivity index (χ1n) is 13.6. The smallest absolute Gasteiger partial charge is 0.155 e. The highest BCUT2D eigenvalue weighted by Gasteiger charge is 2.18. The lowest BCUT2D eigenvalue weighted by Crippen LogP contribution is -2.39. The van der Waals surface area contributed by atoms with Gasteiger partial charge in [0.2, 0.25) is 0 Å². The van der Waals surface area contributed by atoms with Crippen molar-refractivity contribution in [2.24, 2.45) is 16.5 Å². The fraction of sp³-hybridized carbons (Fsp3) is 0.355. The molecule has 6 N–H and O–H groups in total. The molecule has 2 heterocycles. The number of piperidine rings is 1. The highest BCUT2D eigenvalue weighted by molar-refractivity contribution is 6.08. The van der Waals surface area contributed by atoms with E-state index in [2.05, 4.69) is 33.7 Å². The average Bonchev–Trinajstić information content (AvgIpc) is 2.90. The second-order valence-electron chi connectivity index (χ2n) is 10.2. The van der Waals surface area contributed by atoms with Gasteiger partial charge in [-0.2, -0.15) is 0 Å². The number of hydrogen-bond acceptors (Lipinski definition) is 8. The molecule has 1 fully saturated rings. The van der Waals surface area contributed by atoms with Crippen LogP contribution in [0, 0.1) is 0 Å². The monoisotopic (exact) mass is 528 g/mol. The molecule has 0 saturated carbocycles. The number of benzene rings is 2. The molecule has 0 atom stereocenters. The first-order chi connectivity index (χ1) is 18.8. The van der Waals surface area contributed by atoms with E-state index in [4.69, 9.17) is 21.2 Å². The number of aliphatic imine (C=N–C) groups is 1. The normalized spacial score (nSPS) is 20.9. The van der Waals surface area contributed by atoms with Gasteiger partial charge < -0.3 is 31.7 Å². The quantitative estimate of drug-likeness (QED) is 0.352. The number of ketones is 1. The van der Waals surface area contributed by atoms with Gasteiger partial charge in [-0.15, -0.1) is 0 Å². The van der Waals surface area contributed by atoms with Crippen molar-refractivity contribution in [1.82, 2.24) is 0 Å². The number of allylic oxidation sites excluding steroid dienone is 4. The topological polar surface area (TPSA) is 118 Å². The number of ether oxygens (including phenoxy) is 1. The Morgan fingerprint density at radius 1 is 1.08 bits per heavy atom. The van der Waals surface area contributed by atoms with Gasteiger partial charge in [0.15, 0.2) is 11.6 Å². The minimum Gasteiger partial charge on any atom is -0.494 e. The summed E-state index contributed by atoms with van der Waals surface area (Å²) >= 11 is 0. The fourth-order valence-corrected chi connectivity index (χ4v) is 4.86. The number of amidine groups is 1. The van der Waals surface area contributed by atoms with Crippen LogP contribution in [-0.2, 0) is 11.2 Å². The Morgan fingerprint density at radius 2 is 1.82 bits per heavy atom. The predicted molar refractivity (Wildman–Crippen MR) is 161 cm³/mol. The molecule has 0 bridgehead atoms. The summed E-state index contributed by atoms with van der Waals surface area (Å²) < 4.78 is 5.75. The van der Waals surface area contributed by atoms with Crippen LogP contribution >= 0.6 is 0 Å². The lowest BCUT2D eigenvalue weighted by molar-refractivity contribution is -0.112. The van der Waals surface area contributed by atoms with Crippen molar-refractivity contribution in [3.63, 3.8) is 0 Å². The third kappa shape index (κ3) is 7.74. The maximum absolute atomic E-state index is 11.5. The van der Waals surface area contributed by atoms with Gasteiger partial charge in [0.1, 0.15) is 11.6 Å². The second-order valence-corrected chi connectivity index (χ2v) is 10.2. The van der Waals surface area contributed by atoms with Crippen molar-refractivity contribution in [1.29, 1.82) is 0 Å². The Kier molecular flexibility index (Phi) is 9.44. The molecule has 2 aliphatic rings. The van der Waals surface area contributed by atoms with E-state index in [1.54, 1.807) is 20.1 Å². The van der Waals surface area contributed by atoms with Gasteiger partial charge in [0.25, 0.3) is 0 Å². The van der Waals surface area contributed by atoms with E-state index in [-0.39, 0.29) is 11.8 Å². The molecule has 2 aromatic carbocycles. The maximum Gasteiger partial charge on any atom is 0.155 e. The van der Waals surface area contributed by atoms with Gasteiger partial charge in [-0.05, 0) is 81.9 Å². The molecule has 0 amide bonds. The Labute approximate surface area is 231 Å². The Hall–Kier alpha value is -4.04. The number of nitrogens with one attached hydrogen (secondary N) is 2. The highest BCUT2D eigenvalue weighted by atomic mass is 16.5. The van der Waals surface area contributed by atoms with Crippen molar-refractivity contribution in [2.45, 2.75) is 52.0 Å². The van der Waals surface area contributed by atoms with Crippen LogP contribution in [0.1, 0.15) is 45.1 Å². The third-order valence-corrected chi connectivity index (χ3v) is 6.92. The van der Waals surface area contributed by atoms with E-state index >= 15 is 0 Å². The van der Waals surface area contributed by atoms with Crippen LogP contribution in [0.2, 0.25) is 0 Å². The number of anilines is 3. The Bertz CT molecular complexity index is 1300. The summed E-state index contributed by atoms with van der Waals surface area (Å²) in [7, 11) is 1.68. The number of methoxy groups -OCH3 is 1. The van der Waals surface area contributed by atoms with Crippen LogP contribution < -0.4 is 31.7 Å². The summed E-state index contributed by atoms with van der Waals surface area (Å²) in [6.45, 7) is 5.41. The van der Waals surface area contributed by atoms with E-state index in [1.165, 1.54) is 0 Å². The molecular formula is C31H40N6O2. The number of nitrogens with two attached hydrogens (primary N) is 2. The van der Waals surface area contributed by atoms with E-state index in [0.29, 0.717) is 23.8 Å². The summed E-state index contributed by atoms with van der Waals surface area (Å²) in [6, 6.07) is 14.5. The van der Waals surface area contributed by atoms with Crippen molar-refractivity contribution in [3.05, 3.63) is 83.3 Å². The van der Waals surface area contributed by atoms with Crippen molar-refractivity contribution in [2.75, 3.05) is 35.7 Å². The summed E-state index contributed by atoms with van der Waals surface area (Å²) in [6.07, 6.45) is 9.95. The zero-order chi connectivity index (χ0) is 27.8.